The van der Waals surface area contributed by atoms with E-state index in [2.05, 4.69) is 77.4 Å². The SMILES string of the molecule is Cc1cc(C)c2[nH]c(=O)c([C@H](c3nnnn3C(C)(C)C)N(Cc3ccccc3)Cc3ccccc3Cl)cc2c1. The summed E-state index contributed by atoms with van der Waals surface area (Å²) in [5.41, 5.74) is 5.07. The van der Waals surface area contributed by atoms with Gasteiger partial charge in [0, 0.05) is 23.7 Å². The molecule has 0 saturated carbocycles. The summed E-state index contributed by atoms with van der Waals surface area (Å²) in [7, 11) is 0. The van der Waals surface area contributed by atoms with Gasteiger partial charge in [-0.1, -0.05) is 71.8 Å². The number of nitrogens with one attached hydrogen (secondary N) is 1. The first-order chi connectivity index (χ1) is 18.6. The number of H-pyrrole nitrogens is 1. The number of hydrogen-bond acceptors (Lipinski definition) is 5. The zero-order chi connectivity index (χ0) is 27.7. The van der Waals surface area contributed by atoms with E-state index in [1.165, 1.54) is 0 Å². The Morgan fingerprint density at radius 2 is 1.69 bits per heavy atom. The Labute approximate surface area is 233 Å². The quantitative estimate of drug-likeness (QED) is 0.261. The molecule has 1 N–H and O–H groups in total. The Hall–Kier alpha value is -3.81. The molecule has 0 aliphatic rings. The molecule has 7 nitrogen and oxygen atoms in total. The van der Waals surface area contributed by atoms with Crippen molar-refractivity contribution in [2.75, 3.05) is 0 Å². The number of nitrogens with zero attached hydrogens (tertiary/aromatic N) is 5. The number of halogens is 1. The van der Waals surface area contributed by atoms with Crippen LogP contribution in [0.3, 0.4) is 0 Å². The van der Waals surface area contributed by atoms with Gasteiger partial charge in [0.15, 0.2) is 5.82 Å². The van der Waals surface area contributed by atoms with Gasteiger partial charge in [0.25, 0.3) is 5.56 Å². The van der Waals surface area contributed by atoms with E-state index in [1.54, 1.807) is 0 Å². The van der Waals surface area contributed by atoms with Crippen LogP contribution in [0.5, 0.6) is 0 Å². The van der Waals surface area contributed by atoms with Crippen molar-refractivity contribution < 1.29 is 0 Å². The number of aromatic amines is 1. The summed E-state index contributed by atoms with van der Waals surface area (Å²) in [5.74, 6) is 0.597. The number of hydrogen-bond donors (Lipinski definition) is 1. The fourth-order valence-electron chi connectivity index (χ4n) is 5.15. The molecule has 3 aromatic carbocycles. The second kappa shape index (κ2) is 10.8. The number of benzene rings is 3. The molecule has 0 bridgehead atoms. The summed E-state index contributed by atoms with van der Waals surface area (Å²) in [6.45, 7) is 11.3. The Balaban J connectivity index is 1.76. The second-order valence-corrected chi connectivity index (χ2v) is 11.5. The maximum absolute atomic E-state index is 13.9. The Bertz CT molecular complexity index is 1670. The number of fused-ring (bicyclic) bond motifs is 1. The maximum Gasteiger partial charge on any atom is 0.253 e. The van der Waals surface area contributed by atoms with Gasteiger partial charge in [0.05, 0.1) is 11.1 Å². The third-order valence-corrected chi connectivity index (χ3v) is 7.28. The summed E-state index contributed by atoms with van der Waals surface area (Å²) >= 11 is 6.65. The van der Waals surface area contributed by atoms with Gasteiger partial charge in [0.2, 0.25) is 0 Å². The van der Waals surface area contributed by atoms with Crippen LogP contribution in [0.1, 0.15) is 60.5 Å². The van der Waals surface area contributed by atoms with Crippen LogP contribution in [-0.2, 0) is 18.6 Å². The lowest BCUT2D eigenvalue weighted by Gasteiger charge is -2.33. The second-order valence-electron chi connectivity index (χ2n) is 11.1. The molecule has 1 atom stereocenters. The fourth-order valence-corrected chi connectivity index (χ4v) is 5.35. The van der Waals surface area contributed by atoms with Crippen molar-refractivity contribution in [3.63, 3.8) is 0 Å². The summed E-state index contributed by atoms with van der Waals surface area (Å²) in [6.07, 6.45) is 0. The minimum atomic E-state index is -0.551. The van der Waals surface area contributed by atoms with Crippen molar-refractivity contribution in [2.24, 2.45) is 0 Å². The van der Waals surface area contributed by atoms with Gasteiger partial charge in [-0.2, -0.15) is 0 Å². The predicted molar refractivity (Wildman–Crippen MR) is 156 cm³/mol. The average Bonchev–Trinajstić information content (AvgIpc) is 3.37. The third-order valence-electron chi connectivity index (χ3n) is 6.92. The van der Waals surface area contributed by atoms with Gasteiger partial charge in [-0.3, -0.25) is 9.69 Å². The molecule has 8 heteroatoms. The normalized spacial score (nSPS) is 12.8. The van der Waals surface area contributed by atoms with Crippen molar-refractivity contribution in [1.82, 2.24) is 30.1 Å². The van der Waals surface area contributed by atoms with Crippen LogP contribution < -0.4 is 5.56 Å². The Morgan fingerprint density at radius 3 is 2.41 bits per heavy atom. The molecule has 2 heterocycles. The highest BCUT2D eigenvalue weighted by Gasteiger charge is 2.34. The summed E-state index contributed by atoms with van der Waals surface area (Å²) < 4.78 is 1.81. The summed E-state index contributed by atoms with van der Waals surface area (Å²) in [6, 6.07) is 23.6. The lowest BCUT2D eigenvalue weighted by Crippen LogP contribution is -2.37. The van der Waals surface area contributed by atoms with E-state index < -0.39 is 11.6 Å². The average molecular weight is 541 g/mol. The van der Waals surface area contributed by atoms with E-state index in [0.29, 0.717) is 29.5 Å². The third kappa shape index (κ3) is 5.65. The number of rotatable bonds is 7. The molecule has 0 saturated heterocycles. The molecule has 2 aromatic heterocycles. The van der Waals surface area contributed by atoms with Gasteiger partial charge in [0.1, 0.15) is 6.04 Å². The zero-order valence-corrected chi connectivity index (χ0v) is 23.7. The predicted octanol–water partition coefficient (Wildman–Crippen LogP) is 6.33. The molecule has 0 amide bonds. The first-order valence-electron chi connectivity index (χ1n) is 13.1. The van der Waals surface area contributed by atoms with Crippen LogP contribution >= 0.6 is 11.6 Å². The largest absolute Gasteiger partial charge is 0.321 e. The highest BCUT2D eigenvalue weighted by atomic mass is 35.5. The van der Waals surface area contributed by atoms with E-state index in [9.17, 15) is 4.79 Å². The van der Waals surface area contributed by atoms with Gasteiger partial charge >= 0.3 is 0 Å². The van der Waals surface area contributed by atoms with Gasteiger partial charge in [-0.15, -0.1) is 5.10 Å². The number of aryl methyl sites for hydroxylation is 2. The maximum atomic E-state index is 13.9. The molecule has 200 valence electrons. The van der Waals surface area contributed by atoms with E-state index >= 15 is 0 Å². The van der Waals surface area contributed by atoms with Crippen LogP contribution in [0.25, 0.3) is 10.9 Å². The van der Waals surface area contributed by atoms with Crippen LogP contribution in [0.2, 0.25) is 5.02 Å². The molecule has 0 radical (unpaired) electrons. The van der Waals surface area contributed by atoms with Crippen LogP contribution in [-0.4, -0.2) is 30.1 Å². The van der Waals surface area contributed by atoms with E-state index in [4.69, 9.17) is 11.6 Å². The molecule has 0 aliphatic heterocycles. The standard InChI is InChI=1S/C31H33ClN6O/c1-20-15-21(2)27-24(16-20)17-25(30(39)33-27)28(29-34-35-36-38(29)31(3,4)5)37(18-22-11-7-6-8-12-22)19-23-13-9-10-14-26(23)32/h6-17,28H,18-19H2,1-5H3,(H,33,39)/t28-/m1/s1. The first kappa shape index (κ1) is 26.8. The van der Waals surface area contributed by atoms with Crippen LogP contribution in [0.15, 0.2) is 77.6 Å². The van der Waals surface area contributed by atoms with Crippen LogP contribution in [0.4, 0.5) is 0 Å². The van der Waals surface area contributed by atoms with Crippen LogP contribution in [0, 0.1) is 13.8 Å². The molecule has 0 aliphatic carbocycles. The van der Waals surface area contributed by atoms with Crippen molar-refractivity contribution in [3.8, 4) is 0 Å². The minimum absolute atomic E-state index is 0.167. The molecule has 5 aromatic rings. The van der Waals surface area contributed by atoms with Gasteiger partial charge in [-0.05, 0) is 85.3 Å². The molecule has 0 fully saturated rings. The van der Waals surface area contributed by atoms with E-state index in [1.807, 2.05) is 60.1 Å². The molecular formula is C31H33ClN6O. The van der Waals surface area contributed by atoms with E-state index in [-0.39, 0.29) is 5.56 Å². The number of pyridine rings is 1. The summed E-state index contributed by atoms with van der Waals surface area (Å²) in [5, 5.41) is 14.6. The smallest absolute Gasteiger partial charge is 0.253 e. The number of aromatic nitrogens is 5. The molecule has 39 heavy (non-hydrogen) atoms. The number of tetrazole rings is 1. The Kier molecular flexibility index (Phi) is 7.38. The van der Waals surface area contributed by atoms with E-state index in [0.717, 1.165) is 33.2 Å². The lowest BCUT2D eigenvalue weighted by atomic mass is 9.98. The Morgan fingerprint density at radius 1 is 0.974 bits per heavy atom. The minimum Gasteiger partial charge on any atom is -0.321 e. The lowest BCUT2D eigenvalue weighted by molar-refractivity contribution is 0.184. The van der Waals surface area contributed by atoms with Crippen molar-refractivity contribution in [3.05, 3.63) is 122 Å². The topological polar surface area (TPSA) is 79.7 Å². The van der Waals surface area contributed by atoms with Gasteiger partial charge < -0.3 is 4.98 Å². The van der Waals surface area contributed by atoms with Crippen molar-refractivity contribution in [2.45, 2.75) is 59.3 Å². The van der Waals surface area contributed by atoms with Crippen molar-refractivity contribution in [1.29, 1.82) is 0 Å². The van der Waals surface area contributed by atoms with Gasteiger partial charge in [-0.25, -0.2) is 4.68 Å². The molecular weight excluding hydrogens is 508 g/mol. The van der Waals surface area contributed by atoms with Crippen molar-refractivity contribution >= 4 is 22.5 Å². The fraction of sp³-hybridized carbons (Fsp3) is 0.290. The molecule has 5 rings (SSSR count). The zero-order valence-electron chi connectivity index (χ0n) is 22.9. The highest BCUT2D eigenvalue weighted by Crippen LogP contribution is 2.33. The molecule has 0 unspecified atom stereocenters. The monoisotopic (exact) mass is 540 g/mol. The molecule has 0 spiro atoms. The summed E-state index contributed by atoms with van der Waals surface area (Å²) in [4.78, 5) is 19.2. The first-order valence-corrected chi connectivity index (χ1v) is 13.4. The highest BCUT2D eigenvalue weighted by molar-refractivity contribution is 6.31.